The zero-order valence-electron chi connectivity index (χ0n) is 11.1. The Bertz CT molecular complexity index is 242. The van der Waals surface area contributed by atoms with Gasteiger partial charge in [-0.05, 0) is 45.4 Å². The minimum atomic E-state index is -0.530. The first-order chi connectivity index (χ1) is 8.08. The third kappa shape index (κ3) is 4.88. The summed E-state index contributed by atoms with van der Waals surface area (Å²) in [6, 6.07) is 0. The summed E-state index contributed by atoms with van der Waals surface area (Å²) in [7, 11) is 1.80. The second kappa shape index (κ2) is 7.27. The van der Waals surface area contributed by atoms with Gasteiger partial charge in [-0.25, -0.2) is 0 Å². The minimum Gasteiger partial charge on any atom is -0.368 e. The van der Waals surface area contributed by atoms with Crippen molar-refractivity contribution in [3.63, 3.8) is 0 Å². The zero-order chi connectivity index (χ0) is 12.7. The topological polar surface area (TPSA) is 55.1 Å². The average molecular weight is 258 g/mol. The predicted octanol–water partition coefficient (Wildman–Crippen LogP) is 2.30. The van der Waals surface area contributed by atoms with Crippen LogP contribution in [0.15, 0.2) is 0 Å². The Labute approximate surface area is 109 Å². The summed E-state index contributed by atoms with van der Waals surface area (Å²) in [5.41, 5.74) is 4.86. The van der Waals surface area contributed by atoms with Gasteiger partial charge in [0.2, 0.25) is 5.91 Å². The molecule has 1 aliphatic carbocycles. The number of nitrogens with one attached hydrogen (secondary N) is 1. The van der Waals surface area contributed by atoms with Gasteiger partial charge in [-0.3, -0.25) is 4.79 Å². The smallest absolute Gasteiger partial charge is 0.237 e. The number of thioether (sulfide) groups is 1. The van der Waals surface area contributed by atoms with Crippen LogP contribution >= 0.6 is 11.8 Å². The molecule has 0 heterocycles. The number of nitrogens with two attached hydrogens (primary N) is 1. The molecule has 4 heteroatoms. The van der Waals surface area contributed by atoms with Gasteiger partial charge in [-0.15, -0.1) is 0 Å². The lowest BCUT2D eigenvalue weighted by Gasteiger charge is -2.25. The number of carbonyl (C=O) groups excluding carboxylic acids is 1. The van der Waals surface area contributed by atoms with E-state index < -0.39 is 5.54 Å². The van der Waals surface area contributed by atoms with Gasteiger partial charge in [0.1, 0.15) is 0 Å². The average Bonchev–Trinajstić information content (AvgIpc) is 2.81. The predicted molar refractivity (Wildman–Crippen MR) is 75.2 cm³/mol. The number of rotatable bonds is 8. The zero-order valence-corrected chi connectivity index (χ0v) is 11.9. The summed E-state index contributed by atoms with van der Waals surface area (Å²) in [5.74, 6) is 0.979. The number of unbranched alkanes of at least 4 members (excludes halogenated alkanes) is 1. The summed E-state index contributed by atoms with van der Waals surface area (Å²) in [6.07, 6.45) is 8.73. The summed E-state index contributed by atoms with van der Waals surface area (Å²) in [6.45, 7) is 1.89. The summed E-state index contributed by atoms with van der Waals surface area (Å²) in [5, 5.41) is 3.93. The molecular formula is C13H26N2OS. The largest absolute Gasteiger partial charge is 0.368 e. The first kappa shape index (κ1) is 14.8. The molecule has 3 nitrogen and oxygen atoms in total. The molecule has 0 aromatic rings. The Morgan fingerprint density at radius 3 is 2.59 bits per heavy atom. The highest BCUT2D eigenvalue weighted by Gasteiger charge is 2.27. The molecule has 3 N–H and O–H groups in total. The van der Waals surface area contributed by atoms with E-state index in [1.807, 2.05) is 6.92 Å². The van der Waals surface area contributed by atoms with Crippen molar-refractivity contribution in [3.8, 4) is 0 Å². The number of likely N-dealkylation sites (N-methyl/N-ethyl adjacent to an activating group) is 1. The van der Waals surface area contributed by atoms with E-state index in [4.69, 9.17) is 5.73 Å². The molecule has 1 aliphatic rings. The van der Waals surface area contributed by atoms with Gasteiger partial charge in [0, 0.05) is 5.25 Å². The molecule has 0 aromatic carbocycles. The number of hydrogen-bond acceptors (Lipinski definition) is 3. The van der Waals surface area contributed by atoms with Crippen molar-refractivity contribution in [2.24, 2.45) is 5.73 Å². The van der Waals surface area contributed by atoms with Gasteiger partial charge in [0.25, 0.3) is 0 Å². The monoisotopic (exact) mass is 258 g/mol. The van der Waals surface area contributed by atoms with Crippen LogP contribution in [0, 0.1) is 0 Å². The fraction of sp³-hybridized carbons (Fsp3) is 0.923. The van der Waals surface area contributed by atoms with E-state index in [2.05, 4.69) is 17.1 Å². The van der Waals surface area contributed by atoms with Crippen LogP contribution in [0.25, 0.3) is 0 Å². The maximum absolute atomic E-state index is 11.3. The second-order valence-electron chi connectivity index (χ2n) is 5.18. The molecule has 1 saturated carbocycles. The van der Waals surface area contributed by atoms with Crippen molar-refractivity contribution >= 4 is 17.7 Å². The number of amides is 1. The van der Waals surface area contributed by atoms with E-state index in [1.54, 1.807) is 7.05 Å². The summed E-state index contributed by atoms with van der Waals surface area (Å²) in [4.78, 5) is 11.3. The van der Waals surface area contributed by atoms with E-state index in [1.165, 1.54) is 37.9 Å². The van der Waals surface area contributed by atoms with Crippen LogP contribution in [0.4, 0.5) is 0 Å². The van der Waals surface area contributed by atoms with Crippen molar-refractivity contribution in [1.82, 2.24) is 5.32 Å². The molecule has 17 heavy (non-hydrogen) atoms. The maximum atomic E-state index is 11.3. The fourth-order valence-electron chi connectivity index (χ4n) is 2.26. The molecule has 1 amide bonds. The standard InChI is InChI=1S/C13H26N2OS/c1-13(15-2,12(14)16)9-5-6-10-17-11-7-3-4-8-11/h11,15H,3-10H2,1-2H3,(H2,14,16). The highest BCUT2D eigenvalue weighted by atomic mass is 32.2. The maximum Gasteiger partial charge on any atom is 0.237 e. The van der Waals surface area contributed by atoms with Gasteiger partial charge in [-0.2, -0.15) is 11.8 Å². The van der Waals surface area contributed by atoms with Gasteiger partial charge >= 0.3 is 0 Å². The number of carbonyl (C=O) groups is 1. The molecule has 0 aliphatic heterocycles. The van der Waals surface area contributed by atoms with Crippen LogP contribution < -0.4 is 11.1 Å². The normalized spacial score (nSPS) is 20.4. The quantitative estimate of drug-likeness (QED) is 0.657. The van der Waals surface area contributed by atoms with Crippen LogP contribution in [0.3, 0.4) is 0 Å². The second-order valence-corrected chi connectivity index (χ2v) is 6.59. The van der Waals surface area contributed by atoms with Crippen molar-refractivity contribution in [3.05, 3.63) is 0 Å². The Morgan fingerprint density at radius 1 is 1.41 bits per heavy atom. The molecule has 0 radical (unpaired) electrons. The highest BCUT2D eigenvalue weighted by molar-refractivity contribution is 7.99. The fourth-order valence-corrected chi connectivity index (χ4v) is 3.63. The Balaban J connectivity index is 2.08. The molecule has 0 saturated heterocycles. The molecular weight excluding hydrogens is 232 g/mol. The van der Waals surface area contributed by atoms with Crippen LogP contribution in [-0.4, -0.2) is 29.5 Å². The molecule has 1 atom stereocenters. The molecule has 0 spiro atoms. The van der Waals surface area contributed by atoms with Gasteiger partial charge in [0.15, 0.2) is 0 Å². The van der Waals surface area contributed by atoms with Crippen molar-refractivity contribution in [2.75, 3.05) is 12.8 Å². The molecule has 1 fully saturated rings. The van der Waals surface area contributed by atoms with E-state index in [9.17, 15) is 4.79 Å². The van der Waals surface area contributed by atoms with Crippen LogP contribution in [0.5, 0.6) is 0 Å². The number of primary amides is 1. The first-order valence-corrected chi connectivity index (χ1v) is 7.74. The third-order valence-corrected chi connectivity index (χ3v) is 5.29. The molecule has 0 aromatic heterocycles. The molecule has 1 rings (SSSR count). The Morgan fingerprint density at radius 2 is 2.06 bits per heavy atom. The summed E-state index contributed by atoms with van der Waals surface area (Å²) >= 11 is 2.11. The lowest BCUT2D eigenvalue weighted by atomic mass is 9.94. The first-order valence-electron chi connectivity index (χ1n) is 6.69. The third-order valence-electron chi connectivity index (χ3n) is 3.82. The lowest BCUT2D eigenvalue weighted by Crippen LogP contribution is -2.51. The van der Waals surface area contributed by atoms with E-state index in [0.717, 1.165) is 18.1 Å². The van der Waals surface area contributed by atoms with Crippen molar-refractivity contribution in [2.45, 2.75) is 62.7 Å². The van der Waals surface area contributed by atoms with Crippen molar-refractivity contribution in [1.29, 1.82) is 0 Å². The van der Waals surface area contributed by atoms with Gasteiger partial charge in [0.05, 0.1) is 5.54 Å². The molecule has 0 bridgehead atoms. The van der Waals surface area contributed by atoms with E-state index in [-0.39, 0.29) is 5.91 Å². The highest BCUT2D eigenvalue weighted by Crippen LogP contribution is 2.30. The van der Waals surface area contributed by atoms with E-state index in [0.29, 0.717) is 0 Å². The Kier molecular flexibility index (Phi) is 6.34. The lowest BCUT2D eigenvalue weighted by molar-refractivity contribution is -0.123. The minimum absolute atomic E-state index is 0.247. The van der Waals surface area contributed by atoms with Crippen molar-refractivity contribution < 1.29 is 4.79 Å². The molecule has 100 valence electrons. The van der Waals surface area contributed by atoms with Gasteiger partial charge in [-0.1, -0.05) is 19.3 Å². The number of hydrogen-bond donors (Lipinski definition) is 2. The SMILES string of the molecule is CNC(C)(CCCCSC1CCCC1)C(N)=O. The summed E-state index contributed by atoms with van der Waals surface area (Å²) < 4.78 is 0. The van der Waals surface area contributed by atoms with Crippen LogP contribution in [0.1, 0.15) is 51.9 Å². The Hall–Kier alpha value is -0.220. The van der Waals surface area contributed by atoms with Gasteiger partial charge < -0.3 is 11.1 Å². The molecule has 1 unspecified atom stereocenters. The van der Waals surface area contributed by atoms with Crippen LogP contribution in [0.2, 0.25) is 0 Å². The van der Waals surface area contributed by atoms with Crippen LogP contribution in [-0.2, 0) is 4.79 Å². The van der Waals surface area contributed by atoms with E-state index >= 15 is 0 Å².